The third kappa shape index (κ3) is 15.0. The Kier molecular flexibility index (Phi) is 17.4. The van der Waals surface area contributed by atoms with Gasteiger partial charge in [-0.25, -0.2) is 0 Å². The Bertz CT molecular complexity index is 417. The molecule has 0 aromatic heterocycles. The van der Waals surface area contributed by atoms with Crippen molar-refractivity contribution in [3.63, 3.8) is 0 Å². The van der Waals surface area contributed by atoms with Gasteiger partial charge < -0.3 is 14.2 Å². The fourth-order valence-electron chi connectivity index (χ4n) is 3.01. The van der Waals surface area contributed by atoms with Crippen LogP contribution in [-0.2, 0) is 28.6 Å². The van der Waals surface area contributed by atoms with Crippen molar-refractivity contribution in [1.29, 1.82) is 0 Å². The van der Waals surface area contributed by atoms with Crippen LogP contribution in [-0.4, -0.2) is 37.2 Å². The average molecular weight is 415 g/mol. The van der Waals surface area contributed by atoms with Gasteiger partial charge in [0, 0.05) is 12.8 Å². The molecule has 0 aliphatic rings. The third-order valence-electron chi connectivity index (χ3n) is 4.72. The standard InChI is InChI=1S/C23H42O6/c1-5-9-11-15-21(24)27-17-20(18-28-22(25)16-12-10-6-2)29-23(26)19(13-7-3)14-8-4/h19-20H,5-18H2,1-4H3. The summed E-state index contributed by atoms with van der Waals surface area (Å²) in [6.07, 6.45) is 8.78. The lowest BCUT2D eigenvalue weighted by atomic mass is 9.98. The highest BCUT2D eigenvalue weighted by atomic mass is 16.6. The number of ether oxygens (including phenoxy) is 3. The zero-order valence-corrected chi connectivity index (χ0v) is 19.0. The van der Waals surface area contributed by atoms with Gasteiger partial charge in [0.2, 0.25) is 0 Å². The molecule has 0 heterocycles. The van der Waals surface area contributed by atoms with E-state index in [2.05, 4.69) is 13.8 Å². The highest BCUT2D eigenvalue weighted by Crippen LogP contribution is 2.17. The topological polar surface area (TPSA) is 78.9 Å². The molecule has 6 heteroatoms. The largest absolute Gasteiger partial charge is 0.462 e. The predicted octanol–water partition coefficient (Wildman–Crippen LogP) is 5.36. The van der Waals surface area contributed by atoms with Crippen molar-refractivity contribution < 1.29 is 28.6 Å². The summed E-state index contributed by atoms with van der Waals surface area (Å²) < 4.78 is 16.1. The zero-order valence-electron chi connectivity index (χ0n) is 19.0. The van der Waals surface area contributed by atoms with E-state index in [9.17, 15) is 14.4 Å². The second kappa shape index (κ2) is 18.4. The lowest BCUT2D eigenvalue weighted by Crippen LogP contribution is -2.33. The molecule has 0 N–H and O–H groups in total. The molecule has 0 rings (SSSR count). The highest BCUT2D eigenvalue weighted by molar-refractivity contribution is 5.73. The van der Waals surface area contributed by atoms with Crippen LogP contribution in [0.4, 0.5) is 0 Å². The molecule has 0 aromatic carbocycles. The first-order chi connectivity index (χ1) is 14.0. The predicted molar refractivity (Wildman–Crippen MR) is 113 cm³/mol. The number of rotatable bonds is 18. The van der Waals surface area contributed by atoms with Crippen molar-refractivity contribution in [3.8, 4) is 0 Å². The number of carbonyl (C=O) groups is 3. The van der Waals surface area contributed by atoms with Crippen molar-refractivity contribution in [3.05, 3.63) is 0 Å². The van der Waals surface area contributed by atoms with Crippen molar-refractivity contribution in [1.82, 2.24) is 0 Å². The quantitative estimate of drug-likeness (QED) is 0.171. The summed E-state index contributed by atoms with van der Waals surface area (Å²) >= 11 is 0. The molecule has 0 radical (unpaired) electrons. The summed E-state index contributed by atoms with van der Waals surface area (Å²) in [7, 11) is 0. The Morgan fingerprint density at radius 1 is 0.655 bits per heavy atom. The zero-order chi connectivity index (χ0) is 21.9. The smallest absolute Gasteiger partial charge is 0.309 e. The van der Waals surface area contributed by atoms with Gasteiger partial charge in [0.25, 0.3) is 0 Å². The Morgan fingerprint density at radius 3 is 1.48 bits per heavy atom. The van der Waals surface area contributed by atoms with E-state index in [1.165, 1.54) is 0 Å². The van der Waals surface area contributed by atoms with Gasteiger partial charge in [0.15, 0.2) is 6.10 Å². The fraction of sp³-hybridized carbons (Fsp3) is 0.870. The van der Waals surface area contributed by atoms with Crippen LogP contribution in [0, 0.1) is 5.92 Å². The van der Waals surface area contributed by atoms with Crippen molar-refractivity contribution in [2.75, 3.05) is 13.2 Å². The lowest BCUT2D eigenvalue weighted by molar-refractivity contribution is -0.170. The van der Waals surface area contributed by atoms with Gasteiger partial charge in [-0.1, -0.05) is 66.2 Å². The second-order valence-corrected chi connectivity index (χ2v) is 7.61. The fourth-order valence-corrected chi connectivity index (χ4v) is 3.01. The summed E-state index contributed by atoms with van der Waals surface area (Å²) in [5.74, 6) is -1.10. The number of hydrogen-bond donors (Lipinski definition) is 0. The summed E-state index contributed by atoms with van der Waals surface area (Å²) in [5, 5.41) is 0. The summed E-state index contributed by atoms with van der Waals surface area (Å²) in [6, 6.07) is 0. The van der Waals surface area contributed by atoms with Crippen LogP contribution in [0.25, 0.3) is 0 Å². The van der Waals surface area contributed by atoms with Crippen LogP contribution in [0.5, 0.6) is 0 Å². The molecule has 0 aliphatic heterocycles. The molecule has 0 amide bonds. The minimum absolute atomic E-state index is 0.0795. The first kappa shape index (κ1) is 27.4. The number of esters is 3. The van der Waals surface area contributed by atoms with Crippen LogP contribution in [0.3, 0.4) is 0 Å². The number of carbonyl (C=O) groups excluding carboxylic acids is 3. The second-order valence-electron chi connectivity index (χ2n) is 7.61. The van der Waals surface area contributed by atoms with Crippen molar-refractivity contribution in [2.45, 2.75) is 111 Å². The molecule has 0 bridgehead atoms. The molecule has 0 saturated carbocycles. The molecule has 0 aromatic rings. The molecule has 0 spiro atoms. The van der Waals surface area contributed by atoms with Crippen LogP contribution < -0.4 is 0 Å². The molecule has 170 valence electrons. The van der Waals surface area contributed by atoms with Crippen LogP contribution in [0.1, 0.15) is 105 Å². The van der Waals surface area contributed by atoms with Crippen LogP contribution in [0.2, 0.25) is 0 Å². The first-order valence-electron chi connectivity index (χ1n) is 11.5. The third-order valence-corrected chi connectivity index (χ3v) is 4.72. The molecule has 0 fully saturated rings. The summed E-state index contributed by atoms with van der Waals surface area (Å²) in [6.45, 7) is 8.04. The van der Waals surface area contributed by atoms with Gasteiger partial charge >= 0.3 is 17.9 Å². The van der Waals surface area contributed by atoms with E-state index in [0.29, 0.717) is 12.8 Å². The minimum Gasteiger partial charge on any atom is -0.462 e. The van der Waals surface area contributed by atoms with Gasteiger partial charge in [0.05, 0.1) is 5.92 Å². The molecule has 6 nitrogen and oxygen atoms in total. The van der Waals surface area contributed by atoms with E-state index in [0.717, 1.165) is 64.2 Å². The van der Waals surface area contributed by atoms with E-state index in [4.69, 9.17) is 14.2 Å². The maximum Gasteiger partial charge on any atom is 0.309 e. The normalized spacial score (nSPS) is 11.0. The number of hydrogen-bond acceptors (Lipinski definition) is 6. The Balaban J connectivity index is 4.69. The van der Waals surface area contributed by atoms with Gasteiger partial charge in [-0.05, 0) is 25.7 Å². The molecular weight excluding hydrogens is 372 g/mol. The summed E-state index contributed by atoms with van der Waals surface area (Å²) in [4.78, 5) is 36.3. The average Bonchev–Trinajstić information content (AvgIpc) is 2.70. The molecule has 0 aliphatic carbocycles. The highest BCUT2D eigenvalue weighted by Gasteiger charge is 2.24. The minimum atomic E-state index is -0.760. The monoisotopic (exact) mass is 414 g/mol. The molecule has 29 heavy (non-hydrogen) atoms. The summed E-state index contributed by atoms with van der Waals surface area (Å²) in [5.41, 5.74) is 0. The van der Waals surface area contributed by atoms with E-state index in [-0.39, 0.29) is 37.0 Å². The van der Waals surface area contributed by atoms with E-state index < -0.39 is 6.10 Å². The van der Waals surface area contributed by atoms with E-state index in [1.807, 2.05) is 13.8 Å². The van der Waals surface area contributed by atoms with Crippen LogP contribution in [0.15, 0.2) is 0 Å². The van der Waals surface area contributed by atoms with E-state index in [1.54, 1.807) is 0 Å². The molecule has 0 unspecified atom stereocenters. The first-order valence-corrected chi connectivity index (χ1v) is 11.5. The van der Waals surface area contributed by atoms with Gasteiger partial charge in [-0.3, -0.25) is 14.4 Å². The van der Waals surface area contributed by atoms with Crippen LogP contribution >= 0.6 is 0 Å². The van der Waals surface area contributed by atoms with Gasteiger partial charge in [0.1, 0.15) is 13.2 Å². The van der Waals surface area contributed by atoms with E-state index >= 15 is 0 Å². The SMILES string of the molecule is CCCCCC(=O)OCC(COC(=O)CCCCC)OC(=O)C(CCC)CCC. The van der Waals surface area contributed by atoms with Crippen molar-refractivity contribution >= 4 is 17.9 Å². The van der Waals surface area contributed by atoms with Crippen molar-refractivity contribution in [2.24, 2.45) is 5.92 Å². The van der Waals surface area contributed by atoms with Gasteiger partial charge in [-0.2, -0.15) is 0 Å². The maximum absolute atomic E-state index is 12.5. The molecular formula is C23H42O6. The Hall–Kier alpha value is -1.59. The Labute approximate surface area is 177 Å². The number of unbranched alkanes of at least 4 members (excludes halogenated alkanes) is 4. The Morgan fingerprint density at radius 2 is 1.10 bits per heavy atom. The maximum atomic E-state index is 12.5. The molecule has 0 saturated heterocycles. The van der Waals surface area contributed by atoms with Gasteiger partial charge in [-0.15, -0.1) is 0 Å². The molecule has 0 atom stereocenters. The lowest BCUT2D eigenvalue weighted by Gasteiger charge is -2.21.